The van der Waals surface area contributed by atoms with E-state index in [1.54, 1.807) is 0 Å². The quantitative estimate of drug-likeness (QED) is 0.629. The van der Waals surface area contributed by atoms with Crippen molar-refractivity contribution in [2.24, 2.45) is 5.73 Å². The molecule has 3 nitrogen and oxygen atoms in total. The normalized spacial score (nSPS) is 10.3. The topological polar surface area (TPSA) is 46.3 Å². The van der Waals surface area contributed by atoms with E-state index in [1.807, 2.05) is 12.3 Å². The second-order valence-electron chi connectivity index (χ2n) is 2.78. The lowest BCUT2D eigenvalue weighted by molar-refractivity contribution is -0.114. The van der Waals surface area contributed by atoms with Gasteiger partial charge in [0.25, 0.3) is 0 Å². The Morgan fingerprint density at radius 3 is 2.38 bits per heavy atom. The van der Waals surface area contributed by atoms with Crippen LogP contribution >= 0.6 is 0 Å². The number of hydrogen-bond donors (Lipinski definition) is 1. The second-order valence-corrected chi connectivity index (χ2v) is 2.78. The average Bonchev–Trinajstić information content (AvgIpc) is 2.12. The molecule has 1 amide bonds. The molecule has 0 aromatic heterocycles. The van der Waals surface area contributed by atoms with Gasteiger partial charge >= 0.3 is 0 Å². The summed E-state index contributed by atoms with van der Waals surface area (Å²) < 4.78 is 0. The molecule has 3 heteroatoms. The Morgan fingerprint density at radius 1 is 1.46 bits per heavy atom. The Bertz CT molecular complexity index is 205. The minimum Gasteiger partial charge on any atom is -0.378 e. The van der Waals surface area contributed by atoms with Crippen molar-refractivity contribution in [2.75, 3.05) is 13.1 Å². The molecule has 0 fully saturated rings. The van der Waals surface area contributed by atoms with E-state index >= 15 is 0 Å². The summed E-state index contributed by atoms with van der Waals surface area (Å²) in [5.74, 6) is -0.427. The molecule has 0 saturated carbocycles. The minimum atomic E-state index is -0.427. The van der Waals surface area contributed by atoms with E-state index < -0.39 is 5.91 Å². The van der Waals surface area contributed by atoms with Gasteiger partial charge in [0, 0.05) is 18.7 Å². The van der Waals surface area contributed by atoms with Crippen molar-refractivity contribution >= 4 is 5.91 Å². The number of carbonyl (C=O) groups is 1. The number of nitrogens with two attached hydrogens (primary N) is 1. The summed E-state index contributed by atoms with van der Waals surface area (Å²) in [6, 6.07) is 0. The smallest absolute Gasteiger partial charge is 0.244 e. The number of nitrogens with zero attached hydrogens (tertiary/aromatic N) is 1. The summed E-state index contributed by atoms with van der Waals surface area (Å²) in [5.41, 5.74) is 5.48. The first kappa shape index (κ1) is 11.8. The maximum Gasteiger partial charge on any atom is 0.244 e. The molecule has 0 spiro atoms. The number of primary amides is 1. The maximum absolute atomic E-state index is 10.6. The molecule has 0 saturated heterocycles. The number of rotatable bonds is 6. The summed E-state index contributed by atoms with van der Waals surface area (Å²) in [6.45, 7) is 9.66. The number of amides is 1. The molecule has 74 valence electrons. The van der Waals surface area contributed by atoms with Crippen LogP contribution in [0.15, 0.2) is 24.4 Å². The fourth-order valence-corrected chi connectivity index (χ4v) is 0.879. The number of carbonyl (C=O) groups excluding carboxylic acids is 1. The highest BCUT2D eigenvalue weighted by atomic mass is 16.1. The van der Waals surface area contributed by atoms with Crippen LogP contribution in [0.4, 0.5) is 0 Å². The lowest BCUT2D eigenvalue weighted by Crippen LogP contribution is -2.16. The largest absolute Gasteiger partial charge is 0.378 e. The highest BCUT2D eigenvalue weighted by Crippen LogP contribution is 1.99. The molecule has 0 bridgehead atoms. The molecule has 0 unspecified atom stereocenters. The summed E-state index contributed by atoms with van der Waals surface area (Å²) in [7, 11) is 0. The summed E-state index contributed by atoms with van der Waals surface area (Å²) >= 11 is 0. The van der Waals surface area contributed by atoms with Crippen molar-refractivity contribution in [3.63, 3.8) is 0 Å². The van der Waals surface area contributed by atoms with Gasteiger partial charge in [-0.25, -0.2) is 0 Å². The van der Waals surface area contributed by atoms with Crippen molar-refractivity contribution in [2.45, 2.75) is 20.3 Å². The third-order valence-corrected chi connectivity index (χ3v) is 1.84. The fraction of sp³-hybridized carbons (Fsp3) is 0.500. The van der Waals surface area contributed by atoms with Crippen LogP contribution in [0, 0.1) is 0 Å². The van der Waals surface area contributed by atoms with Crippen LogP contribution in [0.2, 0.25) is 0 Å². The fourth-order valence-electron chi connectivity index (χ4n) is 0.879. The van der Waals surface area contributed by atoms with E-state index in [4.69, 9.17) is 5.73 Å². The first-order valence-electron chi connectivity index (χ1n) is 4.50. The molecule has 0 atom stereocenters. The Hall–Kier alpha value is -1.25. The van der Waals surface area contributed by atoms with Crippen LogP contribution in [0.3, 0.4) is 0 Å². The highest BCUT2D eigenvalue weighted by Gasteiger charge is 1.97. The van der Waals surface area contributed by atoms with Gasteiger partial charge in [-0.3, -0.25) is 4.79 Å². The van der Waals surface area contributed by atoms with Crippen molar-refractivity contribution < 1.29 is 4.79 Å². The van der Waals surface area contributed by atoms with Crippen LogP contribution < -0.4 is 5.73 Å². The monoisotopic (exact) mass is 182 g/mol. The molecule has 0 aromatic rings. The van der Waals surface area contributed by atoms with Gasteiger partial charge in [-0.2, -0.15) is 0 Å². The van der Waals surface area contributed by atoms with Gasteiger partial charge in [-0.05, 0) is 26.5 Å². The van der Waals surface area contributed by atoms with Gasteiger partial charge < -0.3 is 10.6 Å². The third kappa shape index (κ3) is 5.06. The zero-order valence-corrected chi connectivity index (χ0v) is 8.42. The van der Waals surface area contributed by atoms with E-state index in [-0.39, 0.29) is 0 Å². The zero-order valence-electron chi connectivity index (χ0n) is 8.42. The predicted molar refractivity (Wildman–Crippen MR) is 55.0 cm³/mol. The van der Waals surface area contributed by atoms with E-state index in [1.165, 1.54) is 0 Å². The van der Waals surface area contributed by atoms with Crippen LogP contribution in [0.25, 0.3) is 0 Å². The van der Waals surface area contributed by atoms with Crippen LogP contribution in [-0.2, 0) is 4.79 Å². The SMILES string of the molecule is C=C(CC=CN(CC)CC)C(N)=O. The minimum absolute atomic E-state index is 0.427. The Balaban J connectivity index is 3.86. The first-order valence-corrected chi connectivity index (χ1v) is 4.50. The van der Waals surface area contributed by atoms with E-state index in [9.17, 15) is 4.79 Å². The van der Waals surface area contributed by atoms with Crippen molar-refractivity contribution in [3.05, 3.63) is 24.4 Å². The zero-order chi connectivity index (χ0) is 10.3. The van der Waals surface area contributed by atoms with E-state index in [0.29, 0.717) is 12.0 Å². The molecule has 0 aliphatic carbocycles. The van der Waals surface area contributed by atoms with Crippen LogP contribution in [-0.4, -0.2) is 23.9 Å². The lowest BCUT2D eigenvalue weighted by atomic mass is 10.2. The predicted octanol–water partition coefficient (Wildman–Crippen LogP) is 1.27. The molecule has 0 aromatic carbocycles. The molecule has 0 aliphatic rings. The summed E-state index contributed by atoms with van der Waals surface area (Å²) in [4.78, 5) is 12.7. The second kappa shape index (κ2) is 6.29. The number of allylic oxidation sites excluding steroid dienone is 1. The first-order chi connectivity index (χ1) is 6.11. The Labute approximate surface area is 79.9 Å². The average molecular weight is 182 g/mol. The van der Waals surface area contributed by atoms with Crippen molar-refractivity contribution in [3.8, 4) is 0 Å². The highest BCUT2D eigenvalue weighted by molar-refractivity contribution is 5.91. The number of hydrogen-bond acceptors (Lipinski definition) is 2. The molecule has 0 heterocycles. The van der Waals surface area contributed by atoms with Gasteiger partial charge in [0.2, 0.25) is 5.91 Å². The van der Waals surface area contributed by atoms with Gasteiger partial charge in [0.1, 0.15) is 0 Å². The lowest BCUT2D eigenvalue weighted by Gasteiger charge is -2.14. The molecule has 13 heavy (non-hydrogen) atoms. The van der Waals surface area contributed by atoms with Gasteiger partial charge in [0.15, 0.2) is 0 Å². The molecule has 0 rings (SSSR count). The van der Waals surface area contributed by atoms with Gasteiger partial charge in [-0.15, -0.1) is 0 Å². The molecular weight excluding hydrogens is 164 g/mol. The maximum atomic E-state index is 10.6. The standard InChI is InChI=1S/C10H18N2O/c1-4-12(5-2)8-6-7-9(3)10(11)13/h6,8H,3-5,7H2,1-2H3,(H2,11,13). The van der Waals surface area contributed by atoms with Gasteiger partial charge in [0.05, 0.1) is 0 Å². The molecule has 0 aliphatic heterocycles. The van der Waals surface area contributed by atoms with Gasteiger partial charge in [-0.1, -0.05) is 12.7 Å². The van der Waals surface area contributed by atoms with E-state index in [0.717, 1.165) is 13.1 Å². The Kier molecular flexibility index (Phi) is 5.68. The van der Waals surface area contributed by atoms with Crippen molar-refractivity contribution in [1.29, 1.82) is 0 Å². The Morgan fingerprint density at radius 2 is 2.00 bits per heavy atom. The van der Waals surface area contributed by atoms with E-state index in [2.05, 4.69) is 25.3 Å². The van der Waals surface area contributed by atoms with Crippen LogP contribution in [0.5, 0.6) is 0 Å². The molecule has 2 N–H and O–H groups in total. The molecule has 0 radical (unpaired) electrons. The summed E-state index contributed by atoms with van der Waals surface area (Å²) in [6.07, 6.45) is 4.40. The third-order valence-electron chi connectivity index (χ3n) is 1.84. The van der Waals surface area contributed by atoms with Crippen molar-refractivity contribution in [1.82, 2.24) is 4.90 Å². The summed E-state index contributed by atoms with van der Waals surface area (Å²) in [5, 5.41) is 0. The molecular formula is C10H18N2O. The van der Waals surface area contributed by atoms with Crippen LogP contribution in [0.1, 0.15) is 20.3 Å².